The molecule has 1 aliphatic heterocycles. The number of hydrogen-bond acceptors (Lipinski definition) is 6. The molecule has 0 radical (unpaired) electrons. The number of amides is 1. The third kappa shape index (κ3) is 5.10. The first kappa shape index (κ1) is 23.4. The summed E-state index contributed by atoms with van der Waals surface area (Å²) in [5.74, 6) is 0.668. The van der Waals surface area contributed by atoms with E-state index in [1.165, 1.54) is 15.6 Å². The van der Waals surface area contributed by atoms with E-state index in [-0.39, 0.29) is 19.0 Å². The molecule has 0 spiro atoms. The summed E-state index contributed by atoms with van der Waals surface area (Å²) in [5.41, 5.74) is 3.33. The molecule has 3 heterocycles. The van der Waals surface area contributed by atoms with Crippen LogP contribution in [0, 0.1) is 20.8 Å². The van der Waals surface area contributed by atoms with Crippen molar-refractivity contribution in [2.24, 2.45) is 0 Å². The van der Waals surface area contributed by atoms with Gasteiger partial charge < -0.3 is 9.64 Å². The maximum atomic E-state index is 13.1. The first-order chi connectivity index (χ1) is 15.8. The van der Waals surface area contributed by atoms with Crippen LogP contribution in [0.3, 0.4) is 0 Å². The van der Waals surface area contributed by atoms with Gasteiger partial charge in [0, 0.05) is 54.6 Å². The van der Waals surface area contributed by atoms with Gasteiger partial charge in [0.05, 0.1) is 0 Å². The molecule has 0 saturated carbocycles. The van der Waals surface area contributed by atoms with Crippen molar-refractivity contribution < 1.29 is 17.9 Å². The standard InChI is InChI=1S/C24H27N3O4S2/c1-17-13-21(14-18(2)23(17)31-16-20-5-4-8-25-15-20)24(28)26-9-11-27(12-10-26)33(29,30)22-7-6-19(3)32-22/h4-8,13-15H,9-12,16H2,1-3H3. The van der Waals surface area contributed by atoms with Crippen LogP contribution >= 0.6 is 11.3 Å². The summed E-state index contributed by atoms with van der Waals surface area (Å²) >= 11 is 1.27. The van der Waals surface area contributed by atoms with Crippen LogP contribution in [-0.4, -0.2) is 54.7 Å². The average Bonchev–Trinajstić information content (AvgIpc) is 3.26. The molecule has 0 N–H and O–H groups in total. The molecule has 1 aliphatic rings. The van der Waals surface area contributed by atoms with E-state index >= 15 is 0 Å². The second kappa shape index (κ2) is 9.62. The second-order valence-corrected chi connectivity index (χ2v) is 11.6. The van der Waals surface area contributed by atoms with Gasteiger partial charge >= 0.3 is 0 Å². The van der Waals surface area contributed by atoms with Crippen molar-refractivity contribution >= 4 is 27.3 Å². The Balaban J connectivity index is 1.41. The predicted molar refractivity (Wildman–Crippen MR) is 128 cm³/mol. The molecule has 0 aliphatic carbocycles. The Morgan fingerprint density at radius 3 is 2.33 bits per heavy atom. The zero-order valence-electron chi connectivity index (χ0n) is 18.9. The highest BCUT2D eigenvalue weighted by Crippen LogP contribution is 2.28. The summed E-state index contributed by atoms with van der Waals surface area (Å²) in [6.07, 6.45) is 3.49. The van der Waals surface area contributed by atoms with Crippen molar-refractivity contribution in [3.05, 3.63) is 75.9 Å². The van der Waals surface area contributed by atoms with E-state index in [0.717, 1.165) is 27.3 Å². The van der Waals surface area contributed by atoms with Gasteiger partial charge in [-0.15, -0.1) is 11.3 Å². The molecule has 0 unspecified atom stereocenters. The number of benzene rings is 1. The molecular weight excluding hydrogens is 458 g/mol. The number of rotatable bonds is 6. The van der Waals surface area contributed by atoms with Crippen molar-refractivity contribution in [1.82, 2.24) is 14.2 Å². The third-order valence-corrected chi connectivity index (χ3v) is 9.02. The minimum Gasteiger partial charge on any atom is -0.488 e. The van der Waals surface area contributed by atoms with Gasteiger partial charge in [0.1, 0.15) is 16.6 Å². The van der Waals surface area contributed by atoms with Crippen molar-refractivity contribution in [1.29, 1.82) is 0 Å². The minimum atomic E-state index is -3.51. The van der Waals surface area contributed by atoms with Gasteiger partial charge in [-0.05, 0) is 62.2 Å². The molecule has 1 saturated heterocycles. The number of pyridine rings is 1. The molecule has 174 valence electrons. The Morgan fingerprint density at radius 1 is 1.06 bits per heavy atom. The van der Waals surface area contributed by atoms with Crippen LogP contribution in [-0.2, 0) is 16.6 Å². The van der Waals surface area contributed by atoms with Crippen molar-refractivity contribution in [3.8, 4) is 5.75 Å². The predicted octanol–water partition coefficient (Wildman–Crippen LogP) is 3.79. The number of piperazine rings is 1. The number of hydrogen-bond donors (Lipinski definition) is 0. The molecule has 0 bridgehead atoms. The van der Waals surface area contributed by atoms with Gasteiger partial charge in [-0.2, -0.15) is 4.31 Å². The highest BCUT2D eigenvalue weighted by Gasteiger charge is 2.31. The Kier molecular flexibility index (Phi) is 6.83. The number of carbonyl (C=O) groups excluding carboxylic acids is 1. The average molecular weight is 486 g/mol. The first-order valence-corrected chi connectivity index (χ1v) is 13.0. The van der Waals surface area contributed by atoms with E-state index in [2.05, 4.69) is 4.98 Å². The Labute approximate surface area is 198 Å². The molecule has 1 amide bonds. The van der Waals surface area contributed by atoms with E-state index in [9.17, 15) is 13.2 Å². The van der Waals surface area contributed by atoms with Gasteiger partial charge in [-0.3, -0.25) is 9.78 Å². The lowest BCUT2D eigenvalue weighted by atomic mass is 10.0. The summed E-state index contributed by atoms with van der Waals surface area (Å²) < 4.78 is 33.5. The Bertz CT molecular complexity index is 1220. The zero-order chi connectivity index (χ0) is 23.6. The van der Waals surface area contributed by atoms with Crippen LogP contribution in [0.2, 0.25) is 0 Å². The zero-order valence-corrected chi connectivity index (χ0v) is 20.6. The number of aromatic nitrogens is 1. The quantitative estimate of drug-likeness (QED) is 0.531. The fourth-order valence-electron chi connectivity index (χ4n) is 3.93. The highest BCUT2D eigenvalue weighted by molar-refractivity contribution is 7.91. The summed E-state index contributed by atoms with van der Waals surface area (Å²) in [6.45, 7) is 7.44. The van der Waals surface area contributed by atoms with Crippen LogP contribution < -0.4 is 4.74 Å². The molecule has 1 aromatic carbocycles. The smallest absolute Gasteiger partial charge is 0.253 e. The lowest BCUT2D eigenvalue weighted by molar-refractivity contribution is 0.0697. The van der Waals surface area contributed by atoms with Gasteiger partial charge in [0.15, 0.2) is 0 Å². The monoisotopic (exact) mass is 485 g/mol. The molecule has 3 aromatic rings. The molecule has 2 aromatic heterocycles. The van der Waals surface area contributed by atoms with Crippen LogP contribution in [0.15, 0.2) is 53.0 Å². The van der Waals surface area contributed by atoms with Crippen LogP contribution in [0.5, 0.6) is 5.75 Å². The molecule has 9 heteroatoms. The van der Waals surface area contributed by atoms with E-state index in [0.29, 0.717) is 29.5 Å². The molecular formula is C24H27N3O4S2. The van der Waals surface area contributed by atoms with E-state index < -0.39 is 10.0 Å². The molecule has 7 nitrogen and oxygen atoms in total. The maximum absolute atomic E-state index is 13.1. The van der Waals surface area contributed by atoms with Crippen molar-refractivity contribution in [2.45, 2.75) is 31.6 Å². The van der Waals surface area contributed by atoms with Gasteiger partial charge in [0.25, 0.3) is 15.9 Å². The lowest BCUT2D eigenvalue weighted by Crippen LogP contribution is -2.50. The second-order valence-electron chi connectivity index (χ2n) is 8.15. The highest BCUT2D eigenvalue weighted by atomic mass is 32.2. The summed E-state index contributed by atoms with van der Waals surface area (Å²) in [6, 6.07) is 11.0. The van der Waals surface area contributed by atoms with E-state index in [4.69, 9.17) is 4.74 Å². The largest absolute Gasteiger partial charge is 0.488 e. The number of thiophene rings is 1. The number of ether oxygens (including phenoxy) is 1. The number of aryl methyl sites for hydroxylation is 3. The lowest BCUT2D eigenvalue weighted by Gasteiger charge is -2.34. The molecule has 1 fully saturated rings. The van der Waals surface area contributed by atoms with Crippen LogP contribution in [0.25, 0.3) is 0 Å². The van der Waals surface area contributed by atoms with Crippen LogP contribution in [0.4, 0.5) is 0 Å². The Morgan fingerprint density at radius 2 is 1.76 bits per heavy atom. The fourth-order valence-corrected chi connectivity index (χ4v) is 6.79. The first-order valence-electron chi connectivity index (χ1n) is 10.7. The molecule has 0 atom stereocenters. The van der Waals surface area contributed by atoms with E-state index in [1.54, 1.807) is 23.4 Å². The molecule has 33 heavy (non-hydrogen) atoms. The molecule has 4 rings (SSSR count). The SMILES string of the molecule is Cc1ccc(S(=O)(=O)N2CCN(C(=O)c3cc(C)c(OCc4cccnc4)c(C)c3)CC2)s1. The Hall–Kier alpha value is -2.75. The van der Waals surface area contributed by atoms with E-state index in [1.807, 2.05) is 51.1 Å². The number of carbonyl (C=O) groups is 1. The van der Waals surface area contributed by atoms with Gasteiger partial charge in [-0.25, -0.2) is 8.42 Å². The summed E-state index contributed by atoms with van der Waals surface area (Å²) in [7, 11) is -3.51. The third-order valence-electron chi connectivity index (χ3n) is 5.65. The van der Waals surface area contributed by atoms with Gasteiger partial charge in [-0.1, -0.05) is 6.07 Å². The fraction of sp³-hybridized carbons (Fsp3) is 0.333. The van der Waals surface area contributed by atoms with Crippen molar-refractivity contribution in [2.75, 3.05) is 26.2 Å². The van der Waals surface area contributed by atoms with Crippen LogP contribution in [0.1, 0.15) is 31.9 Å². The number of sulfonamides is 1. The van der Waals surface area contributed by atoms with Crippen molar-refractivity contribution in [3.63, 3.8) is 0 Å². The maximum Gasteiger partial charge on any atom is 0.253 e. The topological polar surface area (TPSA) is 79.8 Å². The summed E-state index contributed by atoms with van der Waals surface area (Å²) in [5, 5.41) is 0. The minimum absolute atomic E-state index is 0.0935. The number of nitrogens with zero attached hydrogens (tertiary/aromatic N) is 3. The normalized spacial score (nSPS) is 14.9. The summed E-state index contributed by atoms with van der Waals surface area (Å²) in [4.78, 5) is 19.9. The van der Waals surface area contributed by atoms with Gasteiger partial charge in [0.2, 0.25) is 0 Å².